The second-order valence-electron chi connectivity index (χ2n) is 6.80. The average Bonchev–Trinajstić information content (AvgIpc) is 3.57. The molecule has 0 bridgehead atoms. The normalized spacial score (nSPS) is 18.4. The van der Waals surface area contributed by atoms with E-state index in [2.05, 4.69) is 31.8 Å². The number of hydrogen-bond acceptors (Lipinski definition) is 6. The van der Waals surface area contributed by atoms with Crippen LogP contribution >= 0.6 is 11.8 Å². The maximum absolute atomic E-state index is 5.50. The highest BCUT2D eigenvalue weighted by Crippen LogP contribution is 2.47. The highest BCUT2D eigenvalue weighted by molar-refractivity contribution is 7.99. The molecule has 2 heterocycles. The van der Waals surface area contributed by atoms with Gasteiger partial charge in [0.15, 0.2) is 5.16 Å². The minimum Gasteiger partial charge on any atom is -0.338 e. The molecule has 3 aromatic rings. The fourth-order valence-corrected chi connectivity index (χ4v) is 3.93. The largest absolute Gasteiger partial charge is 0.338 e. The minimum atomic E-state index is 0.0405. The minimum absolute atomic E-state index is 0.0405. The van der Waals surface area contributed by atoms with E-state index in [0.29, 0.717) is 23.7 Å². The van der Waals surface area contributed by atoms with Crippen LogP contribution in [-0.2, 0) is 0 Å². The first kappa shape index (κ1) is 15.1. The van der Waals surface area contributed by atoms with Crippen molar-refractivity contribution in [3.8, 4) is 11.4 Å². The van der Waals surface area contributed by atoms with Gasteiger partial charge in [-0.1, -0.05) is 47.3 Å². The van der Waals surface area contributed by atoms with Crippen LogP contribution in [0.3, 0.4) is 0 Å². The van der Waals surface area contributed by atoms with Crippen molar-refractivity contribution in [1.29, 1.82) is 0 Å². The van der Waals surface area contributed by atoms with E-state index in [1.807, 2.05) is 30.3 Å². The Kier molecular flexibility index (Phi) is 3.62. The van der Waals surface area contributed by atoms with Gasteiger partial charge in [0.25, 0.3) is 0 Å². The molecule has 2 aliphatic rings. The number of nitrogens with zero attached hydrogens (tertiary/aromatic N) is 5. The standard InChI is InChI=1S/C18H19N5OS/c1-11(17-19-15(22-24-17)12-5-3-2-4-6-12)25-18-21-20-16(13-7-8-13)23(18)14-9-10-14/h2-6,11,13-14H,7-10H2,1H3. The summed E-state index contributed by atoms with van der Waals surface area (Å²) < 4.78 is 7.85. The molecule has 2 aromatic heterocycles. The zero-order chi connectivity index (χ0) is 16.8. The van der Waals surface area contributed by atoms with Gasteiger partial charge in [-0.25, -0.2) is 0 Å². The highest BCUT2D eigenvalue weighted by Gasteiger charge is 2.37. The molecular formula is C18H19N5OS. The summed E-state index contributed by atoms with van der Waals surface area (Å²) in [6, 6.07) is 10.5. The molecule has 1 unspecified atom stereocenters. The zero-order valence-electron chi connectivity index (χ0n) is 14.0. The molecule has 0 spiro atoms. The third kappa shape index (κ3) is 2.97. The number of thioether (sulfide) groups is 1. The summed E-state index contributed by atoms with van der Waals surface area (Å²) in [6.07, 6.45) is 4.96. The molecule has 7 heteroatoms. The molecule has 5 rings (SSSR count). The molecule has 0 amide bonds. The van der Waals surface area contributed by atoms with Crippen LogP contribution in [0.2, 0.25) is 0 Å². The summed E-state index contributed by atoms with van der Waals surface area (Å²) in [5.41, 5.74) is 0.965. The predicted molar refractivity (Wildman–Crippen MR) is 94.3 cm³/mol. The SMILES string of the molecule is CC(Sc1nnc(C2CC2)n1C1CC1)c1nc(-c2ccccc2)no1. The molecule has 128 valence electrons. The van der Waals surface area contributed by atoms with E-state index < -0.39 is 0 Å². The highest BCUT2D eigenvalue weighted by atomic mass is 32.2. The van der Waals surface area contributed by atoms with Crippen LogP contribution in [0.1, 0.15) is 61.5 Å². The lowest BCUT2D eigenvalue weighted by Gasteiger charge is -2.10. The topological polar surface area (TPSA) is 69.6 Å². The van der Waals surface area contributed by atoms with Crippen LogP contribution in [0.25, 0.3) is 11.4 Å². The van der Waals surface area contributed by atoms with E-state index in [1.165, 1.54) is 31.5 Å². The van der Waals surface area contributed by atoms with Crippen molar-refractivity contribution in [3.05, 3.63) is 42.0 Å². The summed E-state index contributed by atoms with van der Waals surface area (Å²) in [7, 11) is 0. The Morgan fingerprint density at radius 3 is 2.64 bits per heavy atom. The predicted octanol–water partition coefficient (Wildman–Crippen LogP) is 4.39. The quantitative estimate of drug-likeness (QED) is 0.612. The monoisotopic (exact) mass is 353 g/mol. The molecule has 1 atom stereocenters. The van der Waals surface area contributed by atoms with Gasteiger partial charge in [-0.3, -0.25) is 0 Å². The summed E-state index contributed by atoms with van der Waals surface area (Å²) >= 11 is 1.66. The maximum Gasteiger partial charge on any atom is 0.240 e. The van der Waals surface area contributed by atoms with Gasteiger partial charge in [-0.05, 0) is 32.6 Å². The average molecular weight is 353 g/mol. The summed E-state index contributed by atoms with van der Waals surface area (Å²) in [6.45, 7) is 2.08. The Labute approximate surface area is 150 Å². The first-order valence-corrected chi connectivity index (χ1v) is 9.68. The van der Waals surface area contributed by atoms with Crippen molar-refractivity contribution in [3.63, 3.8) is 0 Å². The second kappa shape index (κ2) is 5.98. The van der Waals surface area contributed by atoms with Gasteiger partial charge in [0, 0.05) is 17.5 Å². The molecule has 25 heavy (non-hydrogen) atoms. The van der Waals surface area contributed by atoms with Crippen molar-refractivity contribution in [2.24, 2.45) is 0 Å². The van der Waals surface area contributed by atoms with E-state index in [9.17, 15) is 0 Å². The van der Waals surface area contributed by atoms with E-state index in [1.54, 1.807) is 11.8 Å². The zero-order valence-corrected chi connectivity index (χ0v) is 14.8. The summed E-state index contributed by atoms with van der Waals surface area (Å²) in [5.74, 6) is 3.05. The van der Waals surface area contributed by atoms with Crippen LogP contribution in [0.15, 0.2) is 40.0 Å². The Hall–Kier alpha value is -2.15. The molecule has 2 aliphatic carbocycles. The van der Waals surface area contributed by atoms with Crippen molar-refractivity contribution in [2.45, 2.75) is 55.0 Å². The third-order valence-corrected chi connectivity index (χ3v) is 5.69. The van der Waals surface area contributed by atoms with Gasteiger partial charge in [0.1, 0.15) is 5.82 Å². The van der Waals surface area contributed by atoms with Gasteiger partial charge in [0.2, 0.25) is 11.7 Å². The van der Waals surface area contributed by atoms with Crippen molar-refractivity contribution in [1.82, 2.24) is 24.9 Å². The molecule has 0 radical (unpaired) electrons. The summed E-state index contributed by atoms with van der Waals surface area (Å²) in [4.78, 5) is 4.56. The Bertz CT molecular complexity index is 882. The van der Waals surface area contributed by atoms with E-state index in [-0.39, 0.29) is 5.25 Å². The van der Waals surface area contributed by atoms with E-state index in [0.717, 1.165) is 10.7 Å². The third-order valence-electron chi connectivity index (χ3n) is 4.65. The lowest BCUT2D eigenvalue weighted by atomic mass is 10.2. The van der Waals surface area contributed by atoms with Crippen LogP contribution in [0, 0.1) is 0 Å². The molecule has 0 aliphatic heterocycles. The first-order valence-electron chi connectivity index (χ1n) is 8.80. The van der Waals surface area contributed by atoms with E-state index >= 15 is 0 Å². The Morgan fingerprint density at radius 2 is 1.92 bits per heavy atom. The van der Waals surface area contributed by atoms with E-state index in [4.69, 9.17) is 4.52 Å². The lowest BCUT2D eigenvalue weighted by molar-refractivity contribution is 0.380. The number of aromatic nitrogens is 5. The number of benzene rings is 1. The van der Waals surface area contributed by atoms with Crippen LogP contribution < -0.4 is 0 Å². The fraction of sp³-hybridized carbons (Fsp3) is 0.444. The first-order chi connectivity index (χ1) is 12.3. The Morgan fingerprint density at radius 1 is 1.12 bits per heavy atom. The van der Waals surface area contributed by atoms with Crippen LogP contribution in [0.4, 0.5) is 0 Å². The molecule has 1 aromatic carbocycles. The van der Waals surface area contributed by atoms with Gasteiger partial charge in [0.05, 0.1) is 5.25 Å². The maximum atomic E-state index is 5.50. The van der Waals surface area contributed by atoms with Crippen molar-refractivity contribution >= 4 is 11.8 Å². The fourth-order valence-electron chi connectivity index (χ4n) is 2.98. The molecule has 6 nitrogen and oxygen atoms in total. The second-order valence-corrected chi connectivity index (χ2v) is 8.11. The molecule has 2 saturated carbocycles. The van der Waals surface area contributed by atoms with Gasteiger partial charge in [-0.2, -0.15) is 4.98 Å². The summed E-state index contributed by atoms with van der Waals surface area (Å²) in [5, 5.41) is 14.1. The van der Waals surface area contributed by atoms with Gasteiger partial charge >= 0.3 is 0 Å². The van der Waals surface area contributed by atoms with Gasteiger partial charge < -0.3 is 9.09 Å². The molecule has 0 N–H and O–H groups in total. The molecule has 2 fully saturated rings. The van der Waals surface area contributed by atoms with Crippen LogP contribution in [-0.4, -0.2) is 24.9 Å². The number of hydrogen-bond donors (Lipinski definition) is 0. The van der Waals surface area contributed by atoms with Crippen molar-refractivity contribution < 1.29 is 4.52 Å². The van der Waals surface area contributed by atoms with Crippen molar-refractivity contribution in [2.75, 3.05) is 0 Å². The van der Waals surface area contributed by atoms with Crippen LogP contribution in [0.5, 0.6) is 0 Å². The lowest BCUT2D eigenvalue weighted by Crippen LogP contribution is -2.02. The Balaban J connectivity index is 1.37. The number of rotatable bonds is 6. The van der Waals surface area contributed by atoms with Gasteiger partial charge in [-0.15, -0.1) is 10.2 Å². The molecule has 0 saturated heterocycles. The smallest absolute Gasteiger partial charge is 0.240 e. The molecular weight excluding hydrogens is 334 g/mol.